The van der Waals surface area contributed by atoms with Gasteiger partial charge in [0.2, 0.25) is 5.95 Å². The third-order valence-electron chi connectivity index (χ3n) is 2.61. The van der Waals surface area contributed by atoms with Crippen molar-refractivity contribution in [2.75, 3.05) is 24.3 Å². The first-order valence-electron chi connectivity index (χ1n) is 6.32. The van der Waals surface area contributed by atoms with Crippen molar-refractivity contribution in [1.82, 2.24) is 9.97 Å². The summed E-state index contributed by atoms with van der Waals surface area (Å²) in [4.78, 5) is 8.56. The van der Waals surface area contributed by atoms with Gasteiger partial charge in [-0.2, -0.15) is 4.98 Å². The lowest BCUT2D eigenvalue weighted by atomic mass is 10.3. The number of rotatable bonds is 5. The fourth-order valence-corrected chi connectivity index (χ4v) is 1.76. The summed E-state index contributed by atoms with van der Waals surface area (Å²) in [7, 11) is 1.43. The topological polar surface area (TPSA) is 59.1 Å². The van der Waals surface area contributed by atoms with Crippen LogP contribution in [0.25, 0.3) is 0 Å². The van der Waals surface area contributed by atoms with Gasteiger partial charge < -0.3 is 15.4 Å². The van der Waals surface area contributed by atoms with Gasteiger partial charge in [0.1, 0.15) is 5.82 Å². The molecule has 0 aliphatic carbocycles. The summed E-state index contributed by atoms with van der Waals surface area (Å²) in [6.45, 7) is 4.58. The summed E-state index contributed by atoms with van der Waals surface area (Å²) in [5, 5.41) is 6.10. The highest BCUT2D eigenvalue weighted by molar-refractivity contribution is 5.58. The van der Waals surface area contributed by atoms with E-state index in [9.17, 15) is 4.39 Å². The highest BCUT2D eigenvalue weighted by atomic mass is 19.1. The molecule has 0 spiro atoms. The molecule has 0 fully saturated rings. The van der Waals surface area contributed by atoms with Gasteiger partial charge in [-0.1, -0.05) is 0 Å². The van der Waals surface area contributed by atoms with Gasteiger partial charge in [-0.05, 0) is 26.0 Å². The van der Waals surface area contributed by atoms with Crippen molar-refractivity contribution in [3.8, 4) is 5.75 Å². The number of hydrogen-bond acceptors (Lipinski definition) is 5. The highest BCUT2D eigenvalue weighted by Crippen LogP contribution is 2.23. The molecular formula is C14H17FN4O. The number of anilines is 3. The molecule has 2 rings (SSSR count). The largest absolute Gasteiger partial charge is 0.494 e. The molecule has 20 heavy (non-hydrogen) atoms. The lowest BCUT2D eigenvalue weighted by molar-refractivity contribution is 0.386. The Morgan fingerprint density at radius 2 is 2.05 bits per heavy atom. The Kier molecular flexibility index (Phi) is 4.34. The van der Waals surface area contributed by atoms with E-state index in [-0.39, 0.29) is 5.75 Å². The molecule has 0 amide bonds. The lowest BCUT2D eigenvalue weighted by Crippen LogP contribution is -2.05. The van der Waals surface area contributed by atoms with Crippen molar-refractivity contribution in [3.05, 3.63) is 35.8 Å². The van der Waals surface area contributed by atoms with Crippen LogP contribution in [0.3, 0.4) is 0 Å². The number of ether oxygens (including phenoxy) is 1. The maximum Gasteiger partial charge on any atom is 0.224 e. The van der Waals surface area contributed by atoms with E-state index in [4.69, 9.17) is 4.74 Å². The van der Waals surface area contributed by atoms with Crippen LogP contribution in [0.1, 0.15) is 12.6 Å². The molecule has 0 saturated carbocycles. The van der Waals surface area contributed by atoms with Crippen LogP contribution in [-0.4, -0.2) is 23.6 Å². The average molecular weight is 276 g/mol. The quantitative estimate of drug-likeness (QED) is 0.878. The van der Waals surface area contributed by atoms with Crippen LogP contribution in [0, 0.1) is 12.7 Å². The summed E-state index contributed by atoms with van der Waals surface area (Å²) in [6.07, 6.45) is 0. The van der Waals surface area contributed by atoms with E-state index in [1.807, 2.05) is 13.8 Å². The molecule has 2 aromatic rings. The van der Waals surface area contributed by atoms with Crippen LogP contribution in [0.15, 0.2) is 24.3 Å². The molecule has 2 N–H and O–H groups in total. The number of aromatic nitrogens is 2. The molecule has 0 aliphatic rings. The van der Waals surface area contributed by atoms with Crippen LogP contribution < -0.4 is 15.4 Å². The minimum Gasteiger partial charge on any atom is -0.494 e. The van der Waals surface area contributed by atoms with Gasteiger partial charge in [-0.25, -0.2) is 9.37 Å². The van der Waals surface area contributed by atoms with Crippen molar-refractivity contribution in [2.24, 2.45) is 0 Å². The van der Waals surface area contributed by atoms with Gasteiger partial charge in [-0.3, -0.25) is 0 Å². The Morgan fingerprint density at radius 1 is 1.25 bits per heavy atom. The summed E-state index contributed by atoms with van der Waals surface area (Å²) >= 11 is 0. The summed E-state index contributed by atoms with van der Waals surface area (Å²) in [6, 6.07) is 6.45. The van der Waals surface area contributed by atoms with E-state index in [0.717, 1.165) is 12.2 Å². The fraction of sp³-hybridized carbons (Fsp3) is 0.286. The molecule has 1 heterocycles. The van der Waals surface area contributed by atoms with Gasteiger partial charge in [0.15, 0.2) is 11.6 Å². The number of nitrogens with one attached hydrogen (secondary N) is 2. The van der Waals surface area contributed by atoms with E-state index in [1.54, 1.807) is 18.2 Å². The third-order valence-corrected chi connectivity index (χ3v) is 2.61. The minimum absolute atomic E-state index is 0.211. The molecule has 0 aliphatic heterocycles. The summed E-state index contributed by atoms with van der Waals surface area (Å²) in [5.41, 5.74) is 1.43. The smallest absolute Gasteiger partial charge is 0.224 e. The predicted molar refractivity (Wildman–Crippen MR) is 77.2 cm³/mol. The first-order valence-corrected chi connectivity index (χ1v) is 6.32. The number of nitrogens with zero attached hydrogens (tertiary/aromatic N) is 2. The lowest BCUT2D eigenvalue weighted by Gasteiger charge is -2.10. The predicted octanol–water partition coefficient (Wildman–Crippen LogP) is 3.11. The van der Waals surface area contributed by atoms with Crippen molar-refractivity contribution >= 4 is 17.5 Å². The first-order chi connectivity index (χ1) is 9.62. The third kappa shape index (κ3) is 3.34. The van der Waals surface area contributed by atoms with Crippen LogP contribution in [0.5, 0.6) is 5.75 Å². The number of methoxy groups -OCH3 is 1. The van der Waals surface area contributed by atoms with Crippen molar-refractivity contribution in [3.63, 3.8) is 0 Å². The van der Waals surface area contributed by atoms with Crippen LogP contribution in [-0.2, 0) is 0 Å². The molecule has 0 bridgehead atoms. The molecule has 1 aromatic carbocycles. The first kappa shape index (κ1) is 14.0. The van der Waals surface area contributed by atoms with Crippen molar-refractivity contribution in [1.29, 1.82) is 0 Å². The minimum atomic E-state index is -0.421. The second-order valence-electron chi connectivity index (χ2n) is 4.22. The van der Waals surface area contributed by atoms with Gasteiger partial charge >= 0.3 is 0 Å². The molecule has 0 atom stereocenters. The number of halogens is 1. The Labute approximate surface area is 117 Å². The second-order valence-corrected chi connectivity index (χ2v) is 4.22. The SMILES string of the molecule is CCNc1nc(C)cc(Nc2ccc(OC)c(F)c2)n1. The summed E-state index contributed by atoms with van der Waals surface area (Å²) < 4.78 is 18.5. The summed E-state index contributed by atoms with van der Waals surface area (Å²) in [5.74, 6) is 0.944. The van der Waals surface area contributed by atoms with E-state index in [0.29, 0.717) is 17.5 Å². The average Bonchev–Trinajstić information content (AvgIpc) is 2.38. The zero-order chi connectivity index (χ0) is 14.5. The van der Waals surface area contributed by atoms with Crippen molar-refractivity contribution in [2.45, 2.75) is 13.8 Å². The molecule has 5 nitrogen and oxygen atoms in total. The molecule has 1 aromatic heterocycles. The molecule has 0 radical (unpaired) electrons. The van der Waals surface area contributed by atoms with Crippen LogP contribution in [0.2, 0.25) is 0 Å². The number of aryl methyl sites for hydroxylation is 1. The van der Waals surface area contributed by atoms with Gasteiger partial charge in [0.05, 0.1) is 7.11 Å². The highest BCUT2D eigenvalue weighted by Gasteiger charge is 2.06. The van der Waals surface area contributed by atoms with Gasteiger partial charge in [-0.15, -0.1) is 0 Å². The van der Waals surface area contributed by atoms with E-state index in [2.05, 4.69) is 20.6 Å². The zero-order valence-corrected chi connectivity index (χ0v) is 11.7. The number of hydrogen-bond donors (Lipinski definition) is 2. The van der Waals surface area contributed by atoms with E-state index in [1.165, 1.54) is 13.2 Å². The van der Waals surface area contributed by atoms with Crippen molar-refractivity contribution < 1.29 is 9.13 Å². The van der Waals surface area contributed by atoms with Crippen LogP contribution >= 0.6 is 0 Å². The number of benzene rings is 1. The Bertz CT molecular complexity index is 604. The maximum atomic E-state index is 13.6. The van der Waals surface area contributed by atoms with E-state index < -0.39 is 5.82 Å². The van der Waals surface area contributed by atoms with Gasteiger partial charge in [0, 0.05) is 30.1 Å². The fourth-order valence-electron chi connectivity index (χ4n) is 1.76. The Morgan fingerprint density at radius 3 is 2.70 bits per heavy atom. The zero-order valence-electron chi connectivity index (χ0n) is 11.7. The maximum absolute atomic E-state index is 13.6. The van der Waals surface area contributed by atoms with E-state index >= 15 is 0 Å². The molecule has 0 saturated heterocycles. The molecule has 6 heteroatoms. The second kappa shape index (κ2) is 6.18. The van der Waals surface area contributed by atoms with Gasteiger partial charge in [0.25, 0.3) is 0 Å². The molecular weight excluding hydrogens is 259 g/mol. The Balaban J connectivity index is 2.23. The monoisotopic (exact) mass is 276 g/mol. The Hall–Kier alpha value is -2.37. The normalized spacial score (nSPS) is 10.2. The molecule has 0 unspecified atom stereocenters. The molecule has 106 valence electrons. The van der Waals surface area contributed by atoms with Crippen LogP contribution in [0.4, 0.5) is 21.8 Å². The standard InChI is InChI=1S/C14H17FN4O/c1-4-16-14-17-9(2)7-13(19-14)18-10-5-6-12(20-3)11(15)8-10/h5-8H,4H2,1-3H3,(H2,16,17,18,19).